The molecule has 0 spiro atoms. The number of sulfone groups is 1. The summed E-state index contributed by atoms with van der Waals surface area (Å²) in [6, 6.07) is 6.80. The fraction of sp³-hybridized carbons (Fsp3) is 0.350. The quantitative estimate of drug-likeness (QED) is 0.632. The predicted molar refractivity (Wildman–Crippen MR) is 112 cm³/mol. The smallest absolute Gasteiger partial charge is 0.224 e. The highest BCUT2D eigenvalue weighted by atomic mass is 35.5. The third-order valence-corrected chi connectivity index (χ3v) is 6.79. The molecule has 0 fully saturated rings. The van der Waals surface area contributed by atoms with Gasteiger partial charge in [0.2, 0.25) is 15.7 Å². The molecule has 0 saturated carbocycles. The Hall–Kier alpha value is -1.76. The molecule has 1 amide bonds. The van der Waals surface area contributed by atoms with Gasteiger partial charge in [-0.2, -0.15) is 0 Å². The van der Waals surface area contributed by atoms with Gasteiger partial charge in [0.05, 0.1) is 14.9 Å². The summed E-state index contributed by atoms with van der Waals surface area (Å²) in [7, 11) is -4.04. The van der Waals surface area contributed by atoms with Crippen LogP contribution in [0.1, 0.15) is 46.1 Å². The zero-order valence-corrected chi connectivity index (χ0v) is 18.5. The maximum Gasteiger partial charge on any atom is 0.224 e. The lowest BCUT2D eigenvalue weighted by molar-refractivity contribution is -0.116. The van der Waals surface area contributed by atoms with E-state index in [0.717, 1.165) is 0 Å². The van der Waals surface area contributed by atoms with Crippen molar-refractivity contribution in [3.05, 3.63) is 45.9 Å². The maximum absolute atomic E-state index is 13.2. The Bertz CT molecular complexity index is 988. The van der Waals surface area contributed by atoms with Crippen LogP contribution in [0.15, 0.2) is 40.1 Å². The maximum atomic E-state index is 13.2. The van der Waals surface area contributed by atoms with Crippen molar-refractivity contribution in [3.63, 3.8) is 0 Å². The Balaban J connectivity index is 2.54. The number of halogens is 2. The van der Waals surface area contributed by atoms with E-state index in [-0.39, 0.29) is 31.5 Å². The van der Waals surface area contributed by atoms with Crippen LogP contribution in [0.5, 0.6) is 5.75 Å². The number of nitrogens with one attached hydrogen (secondary N) is 1. The van der Waals surface area contributed by atoms with Crippen LogP contribution in [0.4, 0.5) is 5.69 Å². The first kappa shape index (κ1) is 22.5. The lowest BCUT2D eigenvalue weighted by Gasteiger charge is -2.21. The van der Waals surface area contributed by atoms with Gasteiger partial charge < -0.3 is 10.4 Å². The average molecular weight is 444 g/mol. The number of carbonyl (C=O) groups is 1. The van der Waals surface area contributed by atoms with E-state index in [1.54, 1.807) is 0 Å². The van der Waals surface area contributed by atoms with Crippen molar-refractivity contribution < 1.29 is 18.3 Å². The third kappa shape index (κ3) is 4.80. The molecule has 0 aliphatic carbocycles. The Morgan fingerprint density at radius 2 is 1.68 bits per heavy atom. The van der Waals surface area contributed by atoms with Crippen LogP contribution < -0.4 is 5.32 Å². The SMILES string of the molecule is CCCC(=O)Nc1cc(Cl)c(S(=O)(=O)c2ccc(O)c(C(C)(C)C)c2)c(Cl)c1. The van der Waals surface area contributed by atoms with Gasteiger partial charge in [0.25, 0.3) is 0 Å². The second-order valence-corrected chi connectivity index (χ2v) is 10.2. The van der Waals surface area contributed by atoms with Crippen molar-refractivity contribution >= 4 is 44.6 Å². The molecule has 0 aliphatic heterocycles. The summed E-state index contributed by atoms with van der Waals surface area (Å²) < 4.78 is 26.3. The van der Waals surface area contributed by atoms with E-state index in [9.17, 15) is 18.3 Å². The number of amides is 1. The van der Waals surface area contributed by atoms with E-state index >= 15 is 0 Å². The summed E-state index contributed by atoms with van der Waals surface area (Å²) in [4.78, 5) is 11.5. The number of aromatic hydroxyl groups is 1. The highest BCUT2D eigenvalue weighted by Crippen LogP contribution is 2.39. The fourth-order valence-corrected chi connectivity index (χ4v) is 5.22. The molecule has 0 radical (unpaired) electrons. The highest BCUT2D eigenvalue weighted by Gasteiger charge is 2.28. The number of benzene rings is 2. The van der Waals surface area contributed by atoms with Crippen molar-refractivity contribution in [2.24, 2.45) is 0 Å². The Kier molecular flexibility index (Phi) is 6.69. The monoisotopic (exact) mass is 443 g/mol. The number of anilines is 1. The molecule has 0 unspecified atom stereocenters. The van der Waals surface area contributed by atoms with Gasteiger partial charge in [0, 0.05) is 17.7 Å². The minimum absolute atomic E-state index is 0.0117. The minimum Gasteiger partial charge on any atom is -0.508 e. The standard InChI is InChI=1S/C20H23Cl2NO4S/c1-5-6-18(25)23-12-9-15(21)19(16(22)10-12)28(26,27)13-7-8-17(24)14(11-13)20(2,3)4/h7-11,24H,5-6H2,1-4H3,(H,23,25). The molecule has 0 aromatic heterocycles. The molecule has 0 saturated heterocycles. The number of phenols is 1. The van der Waals surface area contributed by atoms with Crippen LogP contribution >= 0.6 is 23.2 Å². The fourth-order valence-electron chi connectivity index (χ4n) is 2.74. The zero-order valence-electron chi connectivity index (χ0n) is 16.1. The minimum atomic E-state index is -4.04. The van der Waals surface area contributed by atoms with Crippen LogP contribution in [0, 0.1) is 0 Å². The lowest BCUT2D eigenvalue weighted by atomic mass is 9.86. The number of hydrogen-bond acceptors (Lipinski definition) is 4. The summed E-state index contributed by atoms with van der Waals surface area (Å²) in [5.41, 5.74) is 0.356. The molecule has 0 aliphatic rings. The molecule has 28 heavy (non-hydrogen) atoms. The van der Waals surface area contributed by atoms with Gasteiger partial charge in [-0.15, -0.1) is 0 Å². The molecular weight excluding hydrogens is 421 g/mol. The molecule has 5 nitrogen and oxygen atoms in total. The predicted octanol–water partition coefficient (Wildman–Crippen LogP) is 5.57. The summed E-state index contributed by atoms with van der Waals surface area (Å²) in [5, 5.41) is 12.6. The summed E-state index contributed by atoms with van der Waals surface area (Å²) >= 11 is 12.5. The van der Waals surface area contributed by atoms with Crippen LogP contribution in [0.25, 0.3) is 0 Å². The summed E-state index contributed by atoms with van der Waals surface area (Å²) in [5.74, 6) is -0.198. The Labute approximate surface area is 175 Å². The first-order valence-corrected chi connectivity index (χ1v) is 11.0. The molecule has 2 rings (SSSR count). The molecule has 0 atom stereocenters. The molecule has 0 heterocycles. The van der Waals surface area contributed by atoms with E-state index in [0.29, 0.717) is 24.1 Å². The largest absolute Gasteiger partial charge is 0.508 e. The lowest BCUT2D eigenvalue weighted by Crippen LogP contribution is -2.13. The van der Waals surface area contributed by atoms with Gasteiger partial charge in [-0.3, -0.25) is 4.79 Å². The summed E-state index contributed by atoms with van der Waals surface area (Å²) in [6.07, 6.45) is 1.01. The molecule has 2 aromatic carbocycles. The average Bonchev–Trinajstić information content (AvgIpc) is 2.53. The molecule has 2 N–H and O–H groups in total. The molecular formula is C20H23Cl2NO4S. The van der Waals surface area contributed by atoms with Gasteiger partial charge in [0.15, 0.2) is 0 Å². The zero-order chi connectivity index (χ0) is 21.3. The van der Waals surface area contributed by atoms with Crippen LogP contribution in [-0.2, 0) is 20.0 Å². The first-order valence-electron chi connectivity index (χ1n) is 8.75. The van der Waals surface area contributed by atoms with Crippen LogP contribution in [-0.4, -0.2) is 19.4 Å². The molecule has 152 valence electrons. The Morgan fingerprint density at radius 1 is 1.11 bits per heavy atom. The topological polar surface area (TPSA) is 83.5 Å². The molecule has 0 bridgehead atoms. The van der Waals surface area contributed by atoms with Crippen molar-refractivity contribution in [1.29, 1.82) is 0 Å². The van der Waals surface area contributed by atoms with Crippen molar-refractivity contribution in [2.75, 3.05) is 5.32 Å². The van der Waals surface area contributed by atoms with Gasteiger partial charge in [0.1, 0.15) is 10.6 Å². The van der Waals surface area contributed by atoms with Crippen molar-refractivity contribution in [1.82, 2.24) is 0 Å². The van der Waals surface area contributed by atoms with Gasteiger partial charge in [-0.25, -0.2) is 8.42 Å². The van der Waals surface area contributed by atoms with E-state index in [1.807, 2.05) is 27.7 Å². The van der Waals surface area contributed by atoms with Crippen molar-refractivity contribution in [2.45, 2.75) is 55.7 Å². The third-order valence-electron chi connectivity index (χ3n) is 4.11. The number of hydrogen-bond donors (Lipinski definition) is 2. The summed E-state index contributed by atoms with van der Waals surface area (Å²) in [6.45, 7) is 7.48. The molecule has 2 aromatic rings. The van der Waals surface area contributed by atoms with Gasteiger partial charge in [-0.1, -0.05) is 50.9 Å². The number of phenolic OH excluding ortho intramolecular Hbond substituents is 1. The van der Waals surface area contributed by atoms with Crippen molar-refractivity contribution in [3.8, 4) is 5.75 Å². The van der Waals surface area contributed by atoms with Gasteiger partial charge in [-0.05, 0) is 42.2 Å². The van der Waals surface area contributed by atoms with E-state index in [1.165, 1.54) is 30.3 Å². The Morgan fingerprint density at radius 3 is 2.18 bits per heavy atom. The highest BCUT2D eigenvalue weighted by molar-refractivity contribution is 7.91. The number of carbonyl (C=O) groups excluding carboxylic acids is 1. The van der Waals surface area contributed by atoms with E-state index < -0.39 is 15.3 Å². The second kappa shape index (κ2) is 8.31. The first-order chi connectivity index (χ1) is 12.9. The van der Waals surface area contributed by atoms with E-state index in [2.05, 4.69) is 5.32 Å². The van der Waals surface area contributed by atoms with Crippen LogP contribution in [0.3, 0.4) is 0 Å². The number of rotatable bonds is 5. The second-order valence-electron chi connectivity index (χ2n) is 7.50. The van der Waals surface area contributed by atoms with Gasteiger partial charge >= 0.3 is 0 Å². The van der Waals surface area contributed by atoms with Crippen LogP contribution in [0.2, 0.25) is 10.0 Å². The normalized spacial score (nSPS) is 12.1. The van der Waals surface area contributed by atoms with E-state index in [4.69, 9.17) is 23.2 Å². The molecule has 8 heteroatoms.